The van der Waals surface area contributed by atoms with Crippen molar-refractivity contribution in [1.82, 2.24) is 9.58 Å². The molecule has 106 valence electrons. The Morgan fingerprint density at radius 1 is 1.26 bits per heavy atom. The lowest BCUT2D eigenvalue weighted by atomic mass is 10.1. The summed E-state index contributed by atoms with van der Waals surface area (Å²) in [5, 5.41) is 9.10. The molecule has 6 heteroatoms. The molecule has 0 atom stereocenters. The summed E-state index contributed by atoms with van der Waals surface area (Å²) in [7, 11) is 0. The van der Waals surface area contributed by atoms with Gasteiger partial charge in [0.2, 0.25) is 5.91 Å². The molecule has 0 bridgehead atoms. The van der Waals surface area contributed by atoms with Crippen molar-refractivity contribution < 1.29 is 14.7 Å². The predicted octanol–water partition coefficient (Wildman–Crippen LogP) is 2.12. The summed E-state index contributed by atoms with van der Waals surface area (Å²) in [6.45, 7) is 5.85. The van der Waals surface area contributed by atoms with E-state index in [2.05, 4.69) is 5.43 Å². The molecule has 0 aromatic carbocycles. The first kappa shape index (κ1) is 15.1. The third-order valence-electron chi connectivity index (χ3n) is 2.68. The van der Waals surface area contributed by atoms with Crippen molar-refractivity contribution in [1.29, 1.82) is 0 Å². The molecule has 0 saturated heterocycles. The van der Waals surface area contributed by atoms with E-state index in [0.29, 0.717) is 13.0 Å². The molecule has 0 aliphatic rings. The van der Waals surface area contributed by atoms with Crippen molar-refractivity contribution in [3.63, 3.8) is 0 Å². The highest BCUT2D eigenvalue weighted by Gasteiger charge is 2.25. The SMILES string of the molecule is CC(C)(C)N(CCCC(=O)Nn1cccc1)C(=O)O. The van der Waals surface area contributed by atoms with Crippen LogP contribution in [0.3, 0.4) is 0 Å². The van der Waals surface area contributed by atoms with Crippen molar-refractivity contribution in [3.05, 3.63) is 24.5 Å². The van der Waals surface area contributed by atoms with E-state index >= 15 is 0 Å². The Kier molecular flexibility index (Phi) is 4.97. The van der Waals surface area contributed by atoms with Gasteiger partial charge in [0.1, 0.15) is 0 Å². The average Bonchev–Trinajstić information content (AvgIpc) is 2.74. The lowest BCUT2D eigenvalue weighted by molar-refractivity contribution is -0.117. The number of nitrogens with one attached hydrogen (secondary N) is 1. The number of carboxylic acid groups (broad SMARTS) is 1. The van der Waals surface area contributed by atoms with Gasteiger partial charge in [0.05, 0.1) is 0 Å². The van der Waals surface area contributed by atoms with Crippen molar-refractivity contribution >= 4 is 12.0 Å². The smallest absolute Gasteiger partial charge is 0.407 e. The summed E-state index contributed by atoms with van der Waals surface area (Å²) < 4.78 is 1.57. The van der Waals surface area contributed by atoms with Gasteiger partial charge in [-0.3, -0.25) is 14.9 Å². The summed E-state index contributed by atoms with van der Waals surface area (Å²) in [6.07, 6.45) is 3.29. The first-order valence-corrected chi connectivity index (χ1v) is 6.24. The Hall–Kier alpha value is -1.98. The van der Waals surface area contributed by atoms with Gasteiger partial charge in [0, 0.05) is 30.9 Å². The maximum Gasteiger partial charge on any atom is 0.407 e. The van der Waals surface area contributed by atoms with Gasteiger partial charge in [-0.05, 0) is 39.3 Å². The Morgan fingerprint density at radius 3 is 2.32 bits per heavy atom. The zero-order valence-corrected chi connectivity index (χ0v) is 11.6. The minimum absolute atomic E-state index is 0.129. The van der Waals surface area contributed by atoms with Crippen LogP contribution in [0.2, 0.25) is 0 Å². The van der Waals surface area contributed by atoms with E-state index in [1.165, 1.54) is 4.90 Å². The van der Waals surface area contributed by atoms with Crippen LogP contribution >= 0.6 is 0 Å². The van der Waals surface area contributed by atoms with Crippen molar-refractivity contribution in [3.8, 4) is 0 Å². The van der Waals surface area contributed by atoms with Crippen LogP contribution in [0.25, 0.3) is 0 Å². The molecule has 1 aromatic heterocycles. The number of aromatic nitrogens is 1. The van der Waals surface area contributed by atoms with Crippen molar-refractivity contribution in [2.24, 2.45) is 0 Å². The third kappa shape index (κ3) is 5.03. The molecule has 0 aliphatic heterocycles. The fourth-order valence-corrected chi connectivity index (χ4v) is 1.72. The second kappa shape index (κ2) is 6.26. The molecule has 1 heterocycles. The van der Waals surface area contributed by atoms with Crippen LogP contribution < -0.4 is 5.43 Å². The molecule has 0 unspecified atom stereocenters. The highest BCUT2D eigenvalue weighted by atomic mass is 16.4. The van der Waals surface area contributed by atoms with Crippen LogP contribution in [0.1, 0.15) is 33.6 Å². The third-order valence-corrected chi connectivity index (χ3v) is 2.68. The summed E-state index contributed by atoms with van der Waals surface area (Å²) in [5.74, 6) is -0.129. The summed E-state index contributed by atoms with van der Waals surface area (Å²) in [6, 6.07) is 3.62. The monoisotopic (exact) mass is 267 g/mol. The van der Waals surface area contributed by atoms with E-state index in [0.717, 1.165) is 0 Å². The zero-order valence-electron chi connectivity index (χ0n) is 11.6. The number of carbonyl (C=O) groups excluding carboxylic acids is 1. The molecule has 2 N–H and O–H groups in total. The van der Waals surface area contributed by atoms with Crippen LogP contribution in [0.15, 0.2) is 24.5 Å². The zero-order chi connectivity index (χ0) is 14.5. The van der Waals surface area contributed by atoms with Crippen molar-refractivity contribution in [2.45, 2.75) is 39.2 Å². The average molecular weight is 267 g/mol. The number of amides is 2. The van der Waals surface area contributed by atoms with Gasteiger partial charge in [-0.2, -0.15) is 0 Å². The Bertz CT molecular complexity index is 421. The molecule has 2 amide bonds. The molecular formula is C13H21N3O3. The summed E-state index contributed by atoms with van der Waals surface area (Å²) in [4.78, 5) is 24.1. The minimum atomic E-state index is -0.960. The highest BCUT2D eigenvalue weighted by molar-refractivity contribution is 5.83. The molecule has 1 rings (SSSR count). The van der Waals surface area contributed by atoms with Crippen LogP contribution in [0.5, 0.6) is 0 Å². The fraction of sp³-hybridized carbons (Fsp3) is 0.538. The molecule has 0 radical (unpaired) electrons. The fourth-order valence-electron chi connectivity index (χ4n) is 1.72. The number of hydrogen-bond acceptors (Lipinski definition) is 2. The topological polar surface area (TPSA) is 74.6 Å². The Morgan fingerprint density at radius 2 is 1.84 bits per heavy atom. The number of nitrogens with zero attached hydrogens (tertiary/aromatic N) is 2. The standard InChI is InChI=1S/C13H21N3O3/c1-13(2,3)16(12(18)19)10-6-7-11(17)14-15-8-4-5-9-15/h4-5,8-9H,6-7,10H2,1-3H3,(H,14,17)(H,18,19). The summed E-state index contributed by atoms with van der Waals surface area (Å²) >= 11 is 0. The Balaban J connectivity index is 2.36. The van der Waals surface area contributed by atoms with E-state index in [-0.39, 0.29) is 12.3 Å². The van der Waals surface area contributed by atoms with E-state index in [1.54, 1.807) is 17.1 Å². The Labute approximate surface area is 113 Å². The predicted molar refractivity (Wildman–Crippen MR) is 72.5 cm³/mol. The van der Waals surface area contributed by atoms with Gasteiger partial charge in [-0.15, -0.1) is 0 Å². The molecule has 0 fully saturated rings. The van der Waals surface area contributed by atoms with Gasteiger partial charge < -0.3 is 10.0 Å². The van der Waals surface area contributed by atoms with Crippen LogP contribution in [-0.2, 0) is 4.79 Å². The molecule has 0 aliphatic carbocycles. The van der Waals surface area contributed by atoms with Gasteiger partial charge in [0.25, 0.3) is 0 Å². The van der Waals surface area contributed by atoms with Gasteiger partial charge in [0.15, 0.2) is 0 Å². The van der Waals surface area contributed by atoms with Crippen molar-refractivity contribution in [2.75, 3.05) is 12.0 Å². The first-order valence-electron chi connectivity index (χ1n) is 6.24. The molecule has 6 nitrogen and oxygen atoms in total. The lowest BCUT2D eigenvalue weighted by Crippen LogP contribution is -2.45. The minimum Gasteiger partial charge on any atom is -0.465 e. The van der Waals surface area contributed by atoms with Gasteiger partial charge in [-0.25, -0.2) is 4.79 Å². The quantitative estimate of drug-likeness (QED) is 0.858. The largest absolute Gasteiger partial charge is 0.465 e. The first-order chi connectivity index (χ1) is 8.80. The lowest BCUT2D eigenvalue weighted by Gasteiger charge is -2.33. The molecule has 0 spiro atoms. The highest BCUT2D eigenvalue weighted by Crippen LogP contribution is 2.14. The maximum atomic E-state index is 11.6. The maximum absolute atomic E-state index is 11.6. The number of rotatable bonds is 5. The second-order valence-electron chi connectivity index (χ2n) is 5.33. The van der Waals surface area contributed by atoms with Crippen LogP contribution in [0, 0.1) is 0 Å². The van der Waals surface area contributed by atoms with E-state index < -0.39 is 11.6 Å². The van der Waals surface area contributed by atoms with Gasteiger partial charge >= 0.3 is 6.09 Å². The molecular weight excluding hydrogens is 246 g/mol. The number of carbonyl (C=O) groups is 2. The van der Waals surface area contributed by atoms with Gasteiger partial charge in [-0.1, -0.05) is 0 Å². The summed E-state index contributed by atoms with van der Waals surface area (Å²) in [5.41, 5.74) is 2.22. The molecule has 19 heavy (non-hydrogen) atoms. The van der Waals surface area contributed by atoms with Crippen LogP contribution in [0.4, 0.5) is 4.79 Å². The normalized spacial score (nSPS) is 11.1. The molecule has 1 aromatic rings. The van der Waals surface area contributed by atoms with Crippen LogP contribution in [-0.4, -0.2) is 38.8 Å². The number of hydrogen-bond donors (Lipinski definition) is 2. The second-order valence-corrected chi connectivity index (χ2v) is 5.33. The van der Waals surface area contributed by atoms with E-state index in [1.807, 2.05) is 32.9 Å². The van der Waals surface area contributed by atoms with E-state index in [4.69, 9.17) is 5.11 Å². The van der Waals surface area contributed by atoms with E-state index in [9.17, 15) is 9.59 Å². The molecule has 0 saturated carbocycles.